The van der Waals surface area contributed by atoms with E-state index in [-0.39, 0.29) is 29.1 Å². The van der Waals surface area contributed by atoms with Crippen LogP contribution < -0.4 is 10.9 Å². The van der Waals surface area contributed by atoms with Gasteiger partial charge in [-0.15, -0.1) is 0 Å². The fourth-order valence-electron chi connectivity index (χ4n) is 5.59. The van der Waals surface area contributed by atoms with Gasteiger partial charge in [-0.3, -0.25) is 19.3 Å². The zero-order valence-corrected chi connectivity index (χ0v) is 17.8. The standard InChI is InChI=1S/C23H28N4O4/c1-15(28)25-8-6-18(7-9-25)26-12-16-11-17(14-26)22-19(4-5-21(29)27(22)13-16)24-23(30)20-3-2-10-31-20/h2-5,10,16-18H,6-9,11-14H2,1H3,(H,24,30). The number of nitrogens with zero attached hydrogens (tertiary/aromatic N) is 3. The van der Waals surface area contributed by atoms with E-state index >= 15 is 0 Å². The van der Waals surface area contributed by atoms with E-state index in [0.717, 1.165) is 51.1 Å². The van der Waals surface area contributed by atoms with Crippen molar-refractivity contribution in [1.29, 1.82) is 0 Å². The molecule has 0 aliphatic carbocycles. The van der Waals surface area contributed by atoms with Gasteiger partial charge in [0.25, 0.3) is 11.5 Å². The number of fused-ring (bicyclic) bond motifs is 4. The number of hydrogen-bond acceptors (Lipinski definition) is 5. The minimum Gasteiger partial charge on any atom is -0.459 e. The fourth-order valence-corrected chi connectivity index (χ4v) is 5.59. The van der Waals surface area contributed by atoms with Crippen molar-refractivity contribution in [2.45, 2.75) is 44.7 Å². The molecule has 5 rings (SSSR count). The van der Waals surface area contributed by atoms with Gasteiger partial charge in [-0.1, -0.05) is 0 Å². The summed E-state index contributed by atoms with van der Waals surface area (Å²) in [5, 5.41) is 2.96. The average Bonchev–Trinajstić information content (AvgIpc) is 3.31. The van der Waals surface area contributed by atoms with Gasteiger partial charge in [-0.05, 0) is 43.4 Å². The largest absolute Gasteiger partial charge is 0.459 e. The monoisotopic (exact) mass is 424 g/mol. The summed E-state index contributed by atoms with van der Waals surface area (Å²) >= 11 is 0. The highest BCUT2D eigenvalue weighted by molar-refractivity contribution is 6.02. The van der Waals surface area contributed by atoms with Gasteiger partial charge >= 0.3 is 0 Å². The molecule has 164 valence electrons. The Balaban J connectivity index is 1.38. The highest BCUT2D eigenvalue weighted by Gasteiger charge is 2.39. The molecule has 0 aromatic carbocycles. The molecule has 2 aromatic rings. The summed E-state index contributed by atoms with van der Waals surface area (Å²) in [6, 6.07) is 7.03. The van der Waals surface area contributed by atoms with E-state index in [1.807, 2.05) is 9.47 Å². The molecule has 5 heterocycles. The first-order chi connectivity index (χ1) is 15.0. The van der Waals surface area contributed by atoms with Crippen molar-refractivity contribution in [3.05, 3.63) is 52.3 Å². The highest BCUT2D eigenvalue weighted by Crippen LogP contribution is 2.40. The quantitative estimate of drug-likeness (QED) is 0.816. The van der Waals surface area contributed by atoms with Crippen LogP contribution in [0.5, 0.6) is 0 Å². The Morgan fingerprint density at radius 2 is 1.90 bits per heavy atom. The van der Waals surface area contributed by atoms with Crippen molar-refractivity contribution in [1.82, 2.24) is 14.4 Å². The van der Waals surface area contributed by atoms with E-state index in [1.165, 1.54) is 12.3 Å². The molecule has 0 radical (unpaired) electrons. The molecule has 2 bridgehead atoms. The van der Waals surface area contributed by atoms with E-state index in [1.54, 1.807) is 25.1 Å². The van der Waals surface area contributed by atoms with Crippen LogP contribution in [0.4, 0.5) is 5.69 Å². The van der Waals surface area contributed by atoms with E-state index < -0.39 is 0 Å². The molecule has 2 aromatic heterocycles. The lowest BCUT2D eigenvalue weighted by molar-refractivity contribution is -0.130. The van der Waals surface area contributed by atoms with E-state index in [9.17, 15) is 14.4 Å². The Morgan fingerprint density at radius 3 is 2.61 bits per heavy atom. The summed E-state index contributed by atoms with van der Waals surface area (Å²) < 4.78 is 7.08. The number of amides is 2. The molecule has 2 atom stereocenters. The molecule has 0 spiro atoms. The van der Waals surface area contributed by atoms with Crippen molar-refractivity contribution in [2.24, 2.45) is 5.92 Å². The molecule has 2 amide bonds. The van der Waals surface area contributed by atoms with E-state index in [0.29, 0.717) is 24.2 Å². The van der Waals surface area contributed by atoms with Crippen LogP contribution in [0.1, 0.15) is 48.4 Å². The second kappa shape index (κ2) is 8.00. The van der Waals surface area contributed by atoms with Gasteiger partial charge in [0.05, 0.1) is 12.0 Å². The Labute approximate surface area is 180 Å². The zero-order chi connectivity index (χ0) is 21.5. The van der Waals surface area contributed by atoms with Crippen molar-refractivity contribution in [2.75, 3.05) is 31.5 Å². The first-order valence-electron chi connectivity index (χ1n) is 11.1. The molecule has 3 aliphatic rings. The summed E-state index contributed by atoms with van der Waals surface area (Å²) in [5.74, 6) is 0.711. The van der Waals surface area contributed by atoms with Gasteiger partial charge in [0.15, 0.2) is 5.76 Å². The fraction of sp³-hybridized carbons (Fsp3) is 0.522. The minimum absolute atomic E-state index is 0.0103. The average molecular weight is 425 g/mol. The van der Waals surface area contributed by atoms with Gasteiger partial charge < -0.3 is 19.2 Å². The number of rotatable bonds is 3. The maximum Gasteiger partial charge on any atom is 0.291 e. The molecular weight excluding hydrogens is 396 g/mol. The maximum absolute atomic E-state index is 12.6. The van der Waals surface area contributed by atoms with Crippen molar-refractivity contribution >= 4 is 17.5 Å². The van der Waals surface area contributed by atoms with Crippen LogP contribution in [0.25, 0.3) is 0 Å². The maximum atomic E-state index is 12.6. The summed E-state index contributed by atoms with van der Waals surface area (Å²) in [5.41, 5.74) is 1.61. The number of furan rings is 1. The Bertz CT molecular complexity index is 1040. The number of pyridine rings is 1. The van der Waals surface area contributed by atoms with Crippen molar-refractivity contribution < 1.29 is 14.0 Å². The number of anilines is 1. The molecule has 8 heteroatoms. The van der Waals surface area contributed by atoms with Crippen LogP contribution in [0, 0.1) is 5.92 Å². The van der Waals surface area contributed by atoms with Crippen LogP contribution in [-0.2, 0) is 11.3 Å². The minimum atomic E-state index is -0.308. The third-order valence-corrected chi connectivity index (χ3v) is 7.04. The second-order valence-corrected chi connectivity index (χ2v) is 9.00. The highest BCUT2D eigenvalue weighted by atomic mass is 16.3. The predicted octanol–water partition coefficient (Wildman–Crippen LogP) is 2.12. The van der Waals surface area contributed by atoms with Crippen LogP contribution in [0.3, 0.4) is 0 Å². The van der Waals surface area contributed by atoms with Crippen molar-refractivity contribution in [3.8, 4) is 0 Å². The Hall–Kier alpha value is -2.87. The number of carbonyl (C=O) groups is 2. The summed E-state index contributed by atoms with van der Waals surface area (Å²) in [4.78, 5) is 41.3. The number of nitrogens with one attached hydrogen (secondary N) is 1. The lowest BCUT2D eigenvalue weighted by Crippen LogP contribution is -2.53. The SMILES string of the molecule is CC(=O)N1CCC(N2CC3CC(C2)c2c(NC(=O)c4ccco4)ccc(=O)n2C3)CC1. The Morgan fingerprint density at radius 1 is 1.10 bits per heavy atom. The number of piperidine rings is 2. The number of aromatic nitrogens is 1. The number of likely N-dealkylation sites (tertiary alicyclic amines) is 2. The topological polar surface area (TPSA) is 87.8 Å². The number of carbonyl (C=O) groups excluding carboxylic acids is 2. The Kier molecular flexibility index (Phi) is 5.17. The van der Waals surface area contributed by atoms with Gasteiger partial charge in [0.1, 0.15) is 0 Å². The first-order valence-corrected chi connectivity index (χ1v) is 11.1. The lowest BCUT2D eigenvalue weighted by atomic mass is 9.81. The third kappa shape index (κ3) is 3.80. The summed E-state index contributed by atoms with van der Waals surface area (Å²) in [6.45, 7) is 5.79. The van der Waals surface area contributed by atoms with Crippen LogP contribution in [-0.4, -0.2) is 58.4 Å². The molecule has 2 saturated heterocycles. The molecule has 31 heavy (non-hydrogen) atoms. The summed E-state index contributed by atoms with van der Waals surface area (Å²) in [7, 11) is 0. The first kappa shape index (κ1) is 20.1. The van der Waals surface area contributed by atoms with Gasteiger partial charge in [0.2, 0.25) is 5.91 Å². The molecule has 0 saturated carbocycles. The molecule has 2 unspecified atom stereocenters. The third-order valence-electron chi connectivity index (χ3n) is 7.04. The second-order valence-electron chi connectivity index (χ2n) is 9.00. The number of hydrogen-bond donors (Lipinski definition) is 1. The van der Waals surface area contributed by atoms with Crippen molar-refractivity contribution in [3.63, 3.8) is 0 Å². The van der Waals surface area contributed by atoms with Crippen LogP contribution in [0.15, 0.2) is 39.7 Å². The molecule has 8 nitrogen and oxygen atoms in total. The van der Waals surface area contributed by atoms with Gasteiger partial charge in [-0.2, -0.15) is 0 Å². The normalized spacial score (nSPS) is 24.0. The van der Waals surface area contributed by atoms with Crippen LogP contribution >= 0.6 is 0 Å². The predicted molar refractivity (Wildman–Crippen MR) is 115 cm³/mol. The van der Waals surface area contributed by atoms with Crippen LogP contribution in [0.2, 0.25) is 0 Å². The lowest BCUT2D eigenvalue weighted by Gasteiger charge is -2.47. The molecular formula is C23H28N4O4. The smallest absolute Gasteiger partial charge is 0.291 e. The zero-order valence-electron chi connectivity index (χ0n) is 17.8. The molecule has 3 aliphatic heterocycles. The molecule has 1 N–H and O–H groups in total. The summed E-state index contributed by atoms with van der Waals surface area (Å²) in [6.07, 6.45) is 4.47. The molecule has 2 fully saturated rings. The van der Waals surface area contributed by atoms with E-state index in [2.05, 4.69) is 10.2 Å². The van der Waals surface area contributed by atoms with Gasteiger partial charge in [-0.25, -0.2) is 0 Å². The van der Waals surface area contributed by atoms with E-state index in [4.69, 9.17) is 4.42 Å². The van der Waals surface area contributed by atoms with Gasteiger partial charge in [0, 0.05) is 63.4 Å².